The molecule has 0 bridgehead atoms. The van der Waals surface area contributed by atoms with Gasteiger partial charge in [-0.15, -0.1) is 0 Å². The number of carbonyl (C=O) groups excluding carboxylic acids is 1. The van der Waals surface area contributed by atoms with Crippen LogP contribution in [0.5, 0.6) is 0 Å². The summed E-state index contributed by atoms with van der Waals surface area (Å²) in [5.41, 5.74) is 4.78. The third kappa shape index (κ3) is 29.4. The Morgan fingerprint density at radius 2 is 1.03 bits per heavy atom. The predicted octanol–water partition coefficient (Wildman–Crippen LogP) is 4.19. The second kappa shape index (κ2) is 24.4. The van der Waals surface area contributed by atoms with Gasteiger partial charge in [-0.2, -0.15) is 0 Å². The topological polar surface area (TPSA) is 121 Å². The first-order valence-corrected chi connectivity index (χ1v) is 15.5. The normalized spacial score (nSPS) is 10.5. The minimum Gasteiger partial charge on any atom is -0.480 e. The van der Waals surface area contributed by atoms with Gasteiger partial charge in [0.2, 0.25) is 5.91 Å². The van der Waals surface area contributed by atoms with Gasteiger partial charge in [-0.3, -0.25) is 19.3 Å². The van der Waals surface area contributed by atoms with Gasteiger partial charge in [0.1, 0.15) is 0 Å². The summed E-state index contributed by atoms with van der Waals surface area (Å²) in [4.78, 5) is 31.7. The quantitative estimate of drug-likeness (QED) is 0.159. The minimum absolute atomic E-state index is 0.0736. The molecule has 0 saturated carbocycles. The van der Waals surface area contributed by atoms with E-state index in [2.05, 4.69) is 13.8 Å². The Morgan fingerprint density at radius 1 is 0.667 bits per heavy atom. The van der Waals surface area contributed by atoms with Crippen molar-refractivity contribution >= 4 is 39.0 Å². The molecule has 1 amide bonds. The number of amides is 1. The molecule has 0 spiro atoms. The van der Waals surface area contributed by atoms with Crippen molar-refractivity contribution in [1.29, 1.82) is 0 Å². The second-order valence-electron chi connectivity index (χ2n) is 7.68. The second-order valence-corrected chi connectivity index (χ2v) is 12.0. The molecule has 7 nitrogen and oxygen atoms in total. The zero-order valence-electron chi connectivity index (χ0n) is 19.2. The molecule has 8 heteroatoms. The van der Waals surface area contributed by atoms with Crippen LogP contribution in [0.25, 0.3) is 0 Å². The molecule has 0 unspecified atom stereocenters. The summed E-state index contributed by atoms with van der Waals surface area (Å²) in [5, 5.41) is 16.6. The summed E-state index contributed by atoms with van der Waals surface area (Å²) >= 11 is 0.0736. The van der Waals surface area contributed by atoms with Crippen LogP contribution in [-0.2, 0) is 14.4 Å². The van der Waals surface area contributed by atoms with Crippen molar-refractivity contribution in [2.45, 2.75) is 99.8 Å². The maximum atomic E-state index is 10.4. The van der Waals surface area contributed by atoms with Gasteiger partial charge in [0.25, 0.3) is 0 Å². The standard InChI is InChI=1S/2C8H17.C6H10N2O5.Sn/c2*1-3-5-7-8-6-4-2;7-4(9)1-8(2-5(10)11)3-6(12)13;/h2*1,3-8H2,2H3;1-3H2,(H2,7,9)(H,10,11)(H,12,13);. The molecule has 0 heterocycles. The maximum absolute atomic E-state index is 10.4. The average Bonchev–Trinajstić information content (AvgIpc) is 2.64. The first kappa shape index (κ1) is 31.4. The summed E-state index contributed by atoms with van der Waals surface area (Å²) in [6.07, 6.45) is 17.8. The number of hydrogen-bond donors (Lipinski definition) is 3. The molecule has 0 aliphatic heterocycles. The van der Waals surface area contributed by atoms with E-state index in [0.717, 1.165) is 4.90 Å². The number of unbranched alkanes of at least 4 members (excludes halogenated alkanes) is 10. The van der Waals surface area contributed by atoms with E-state index in [0.29, 0.717) is 0 Å². The van der Waals surface area contributed by atoms with E-state index in [4.69, 9.17) is 15.9 Å². The van der Waals surface area contributed by atoms with Crippen molar-refractivity contribution < 1.29 is 24.6 Å². The van der Waals surface area contributed by atoms with E-state index in [1.165, 1.54) is 64.2 Å². The SMILES string of the molecule is CCCCCCC[CH2][Sn][CH2]CCCCCCC.NC(=O)CN(CC(=O)O)CC(=O)O. The smallest absolute Gasteiger partial charge is 0.317 e. The van der Waals surface area contributed by atoms with Crippen LogP contribution >= 0.6 is 0 Å². The first-order valence-electron chi connectivity index (χ1n) is 11.5. The molecular formula is C22H44N2O5Sn. The monoisotopic (exact) mass is 536 g/mol. The number of carboxylic acid groups (broad SMARTS) is 2. The number of aliphatic carboxylic acids is 2. The minimum atomic E-state index is -1.21. The largest absolute Gasteiger partial charge is 0.480 e. The van der Waals surface area contributed by atoms with Crippen LogP contribution in [0, 0.1) is 0 Å². The van der Waals surface area contributed by atoms with Crippen LogP contribution in [0.2, 0.25) is 8.87 Å². The number of primary amides is 1. The van der Waals surface area contributed by atoms with E-state index in [-0.39, 0.29) is 27.7 Å². The van der Waals surface area contributed by atoms with Gasteiger partial charge in [-0.1, -0.05) is 0 Å². The number of nitrogens with two attached hydrogens (primary N) is 1. The van der Waals surface area contributed by atoms with Crippen LogP contribution < -0.4 is 5.73 Å². The fourth-order valence-corrected chi connectivity index (χ4v) is 6.52. The fourth-order valence-electron chi connectivity index (χ4n) is 2.96. The van der Waals surface area contributed by atoms with Crippen LogP contribution in [0.3, 0.4) is 0 Å². The zero-order valence-corrected chi connectivity index (χ0v) is 22.0. The van der Waals surface area contributed by atoms with Crippen molar-refractivity contribution in [2.24, 2.45) is 5.73 Å². The molecular weight excluding hydrogens is 491 g/mol. The fraction of sp³-hybridized carbons (Fsp3) is 0.864. The molecule has 0 rings (SSSR count). The van der Waals surface area contributed by atoms with E-state index in [9.17, 15) is 14.4 Å². The molecule has 0 aromatic carbocycles. The van der Waals surface area contributed by atoms with Crippen molar-refractivity contribution in [1.82, 2.24) is 4.90 Å². The first-order chi connectivity index (χ1) is 14.3. The molecule has 30 heavy (non-hydrogen) atoms. The summed E-state index contributed by atoms with van der Waals surface area (Å²) < 4.78 is 3.31. The van der Waals surface area contributed by atoms with Crippen molar-refractivity contribution in [3.8, 4) is 0 Å². The molecule has 0 aromatic rings. The molecule has 4 N–H and O–H groups in total. The van der Waals surface area contributed by atoms with Gasteiger partial charge >= 0.3 is 133 Å². The third-order valence-electron chi connectivity index (χ3n) is 4.51. The molecule has 0 atom stereocenters. The van der Waals surface area contributed by atoms with Crippen LogP contribution in [0.1, 0.15) is 90.9 Å². The Hall–Kier alpha value is -0.831. The Labute approximate surface area is 193 Å². The van der Waals surface area contributed by atoms with Crippen LogP contribution in [0.15, 0.2) is 0 Å². The van der Waals surface area contributed by atoms with Gasteiger partial charge in [-0.25, -0.2) is 0 Å². The summed E-state index contributed by atoms with van der Waals surface area (Å²) in [6.45, 7) is 3.19. The molecule has 0 fully saturated rings. The van der Waals surface area contributed by atoms with Crippen molar-refractivity contribution in [3.05, 3.63) is 0 Å². The van der Waals surface area contributed by atoms with Gasteiger partial charge in [-0.05, 0) is 0 Å². The number of rotatable bonds is 20. The average molecular weight is 535 g/mol. The van der Waals surface area contributed by atoms with E-state index >= 15 is 0 Å². The van der Waals surface area contributed by atoms with Crippen LogP contribution in [-0.4, -0.2) is 73.7 Å². The third-order valence-corrected chi connectivity index (χ3v) is 8.55. The Kier molecular flexibility index (Phi) is 25.5. The van der Waals surface area contributed by atoms with E-state index in [1.807, 2.05) is 0 Å². The number of nitrogens with zero attached hydrogens (tertiary/aromatic N) is 1. The summed E-state index contributed by atoms with van der Waals surface area (Å²) in [7, 11) is 0. The maximum Gasteiger partial charge on any atom is 0.317 e. The molecule has 0 aliphatic rings. The van der Waals surface area contributed by atoms with Gasteiger partial charge in [0, 0.05) is 0 Å². The van der Waals surface area contributed by atoms with E-state index in [1.54, 1.807) is 21.7 Å². The molecule has 0 aromatic heterocycles. The van der Waals surface area contributed by atoms with Gasteiger partial charge in [0.15, 0.2) is 0 Å². The van der Waals surface area contributed by atoms with Crippen LogP contribution in [0.4, 0.5) is 0 Å². The number of carbonyl (C=O) groups is 3. The van der Waals surface area contributed by atoms with E-state index < -0.39 is 30.9 Å². The molecule has 0 saturated heterocycles. The zero-order chi connectivity index (χ0) is 23.0. The van der Waals surface area contributed by atoms with Crippen molar-refractivity contribution in [2.75, 3.05) is 19.6 Å². The molecule has 2 radical (unpaired) electrons. The Bertz CT molecular complexity index is 384. The van der Waals surface area contributed by atoms with Gasteiger partial charge < -0.3 is 15.9 Å². The summed E-state index contributed by atoms with van der Waals surface area (Å²) in [5.74, 6) is -3.17. The number of carboxylic acids is 2. The predicted molar refractivity (Wildman–Crippen MR) is 123 cm³/mol. The Balaban J connectivity index is 0. The molecule has 0 aliphatic carbocycles. The number of hydrogen-bond acceptors (Lipinski definition) is 4. The van der Waals surface area contributed by atoms with Gasteiger partial charge in [0.05, 0.1) is 19.6 Å². The van der Waals surface area contributed by atoms with Crippen molar-refractivity contribution in [3.63, 3.8) is 0 Å². The Morgan fingerprint density at radius 3 is 1.37 bits per heavy atom. The summed E-state index contributed by atoms with van der Waals surface area (Å²) in [6, 6.07) is 0. The molecule has 176 valence electrons.